The molecule has 1 saturated carbocycles. The Morgan fingerprint density at radius 1 is 1.09 bits per heavy atom. The topological polar surface area (TPSA) is 119 Å². The van der Waals surface area contributed by atoms with Gasteiger partial charge < -0.3 is 15.4 Å². The Morgan fingerprint density at radius 3 is 2.57 bits per heavy atom. The highest BCUT2D eigenvalue weighted by Crippen LogP contribution is 2.41. The Bertz CT molecular complexity index is 1740. The first-order valence-electron chi connectivity index (χ1n) is 15.4. The van der Waals surface area contributed by atoms with E-state index in [1.54, 1.807) is 17.2 Å². The van der Waals surface area contributed by atoms with Crippen molar-refractivity contribution in [2.24, 2.45) is 11.7 Å². The van der Waals surface area contributed by atoms with Crippen LogP contribution in [0.1, 0.15) is 67.3 Å². The molecule has 3 aromatic heterocycles. The molecule has 1 saturated heterocycles. The third kappa shape index (κ3) is 5.29. The second-order valence-corrected chi connectivity index (χ2v) is 12.5. The van der Waals surface area contributed by atoms with Crippen molar-refractivity contribution in [1.29, 1.82) is 0 Å². The molecule has 2 fully saturated rings. The van der Waals surface area contributed by atoms with Crippen LogP contribution in [0.3, 0.4) is 0 Å². The minimum atomic E-state index is -0.548. The largest absolute Gasteiger partial charge is 0.482 e. The molecule has 5 heterocycles. The third-order valence-corrected chi connectivity index (χ3v) is 8.87. The fourth-order valence-corrected chi connectivity index (χ4v) is 6.60. The number of benzene rings is 1. The molecule has 3 aliphatic rings. The number of piperidine rings is 1. The summed E-state index contributed by atoms with van der Waals surface area (Å²) < 4.78 is 21.4. The van der Waals surface area contributed by atoms with Gasteiger partial charge in [0.05, 0.1) is 47.6 Å². The molecule has 4 aromatic rings. The summed E-state index contributed by atoms with van der Waals surface area (Å²) in [6, 6.07) is 9.38. The van der Waals surface area contributed by atoms with Crippen LogP contribution in [0.25, 0.3) is 22.2 Å². The highest BCUT2D eigenvalue weighted by Gasteiger charge is 2.34. The lowest BCUT2D eigenvalue weighted by Crippen LogP contribution is -2.38. The molecule has 7 rings (SSSR count). The van der Waals surface area contributed by atoms with Crippen molar-refractivity contribution in [2.45, 2.75) is 64.6 Å². The number of pyridine rings is 2. The van der Waals surface area contributed by atoms with Crippen molar-refractivity contribution in [3.8, 4) is 16.9 Å². The number of fused-ring (bicyclic) bond motifs is 2. The molecule has 2 N–H and O–H groups in total. The highest BCUT2D eigenvalue weighted by molar-refractivity contribution is 6.09. The van der Waals surface area contributed by atoms with E-state index < -0.39 is 11.7 Å². The molecular formula is C33H36FN7O3. The summed E-state index contributed by atoms with van der Waals surface area (Å²) in [5, 5.41) is 5.60. The first kappa shape index (κ1) is 28.4. The van der Waals surface area contributed by atoms with Crippen LogP contribution in [0.5, 0.6) is 5.75 Å². The zero-order valence-electron chi connectivity index (χ0n) is 25.0. The Balaban J connectivity index is 1.31. The van der Waals surface area contributed by atoms with E-state index in [0.717, 1.165) is 54.8 Å². The Labute approximate surface area is 255 Å². The van der Waals surface area contributed by atoms with Gasteiger partial charge in [-0.05, 0) is 67.9 Å². The van der Waals surface area contributed by atoms with Crippen LogP contribution in [-0.2, 0) is 17.8 Å². The molecule has 1 aliphatic carbocycles. The number of halogens is 1. The fraction of sp³-hybridized carbons (Fsp3) is 0.424. The third-order valence-electron chi connectivity index (χ3n) is 8.87. The summed E-state index contributed by atoms with van der Waals surface area (Å²) in [4.78, 5) is 39.3. The van der Waals surface area contributed by atoms with Crippen molar-refractivity contribution in [3.05, 3.63) is 65.5 Å². The lowest BCUT2D eigenvalue weighted by Gasteiger charge is -2.32. The number of rotatable bonds is 8. The number of aromatic nitrogens is 4. The van der Waals surface area contributed by atoms with Crippen LogP contribution in [0.15, 0.2) is 42.7 Å². The van der Waals surface area contributed by atoms with Gasteiger partial charge in [-0.15, -0.1) is 0 Å². The zero-order valence-corrected chi connectivity index (χ0v) is 25.0. The average molecular weight is 598 g/mol. The minimum absolute atomic E-state index is 0.151. The fourth-order valence-electron chi connectivity index (χ4n) is 6.60. The molecule has 1 aromatic carbocycles. The molecule has 2 aliphatic heterocycles. The smallest absolute Gasteiger partial charge is 0.265 e. The van der Waals surface area contributed by atoms with Gasteiger partial charge in [0.1, 0.15) is 11.6 Å². The SMILES string of the molecule is CC(C)Cc1nc2c(cnn2C2CCN(C3CC3)CC2)c(-c2ccc3c(c2)OCC(=O)N3Cc2ccc(F)cn2)c1C(N)=O. The molecule has 2 amide bonds. The van der Waals surface area contributed by atoms with E-state index in [4.69, 9.17) is 20.6 Å². The van der Waals surface area contributed by atoms with Gasteiger partial charge in [0, 0.05) is 30.1 Å². The van der Waals surface area contributed by atoms with Crippen molar-refractivity contribution in [3.63, 3.8) is 0 Å². The van der Waals surface area contributed by atoms with E-state index >= 15 is 0 Å². The Hall–Kier alpha value is -4.38. The predicted molar refractivity (Wildman–Crippen MR) is 164 cm³/mol. The second kappa shape index (κ2) is 11.3. The van der Waals surface area contributed by atoms with Gasteiger partial charge in [0.15, 0.2) is 12.3 Å². The van der Waals surface area contributed by atoms with E-state index in [9.17, 15) is 14.0 Å². The minimum Gasteiger partial charge on any atom is -0.482 e. The van der Waals surface area contributed by atoms with E-state index in [2.05, 4.69) is 23.7 Å². The molecular weight excluding hydrogens is 561 g/mol. The normalized spacial score (nSPS) is 17.7. The number of hydrogen-bond donors (Lipinski definition) is 1. The number of nitrogens with zero attached hydrogens (tertiary/aromatic N) is 6. The van der Waals surface area contributed by atoms with Crippen molar-refractivity contribution >= 4 is 28.5 Å². The number of amides is 2. The maximum absolute atomic E-state index is 13.4. The first-order chi connectivity index (χ1) is 21.3. The zero-order chi connectivity index (χ0) is 30.5. The lowest BCUT2D eigenvalue weighted by molar-refractivity contribution is -0.121. The molecule has 10 nitrogen and oxygen atoms in total. The molecule has 228 valence electrons. The number of primary amides is 1. The van der Waals surface area contributed by atoms with Crippen LogP contribution >= 0.6 is 0 Å². The van der Waals surface area contributed by atoms with Gasteiger partial charge >= 0.3 is 0 Å². The summed E-state index contributed by atoms with van der Waals surface area (Å²) in [6.07, 6.45) is 8.12. The lowest BCUT2D eigenvalue weighted by atomic mass is 9.92. The number of carbonyl (C=O) groups excluding carboxylic acids is 2. The monoisotopic (exact) mass is 597 g/mol. The van der Waals surface area contributed by atoms with E-state index in [1.807, 2.05) is 22.9 Å². The number of nitrogens with two attached hydrogens (primary N) is 1. The molecule has 0 radical (unpaired) electrons. The van der Waals surface area contributed by atoms with Gasteiger partial charge in [0.2, 0.25) is 0 Å². The summed E-state index contributed by atoms with van der Waals surface area (Å²) >= 11 is 0. The number of hydrogen-bond acceptors (Lipinski definition) is 7. The maximum Gasteiger partial charge on any atom is 0.265 e. The van der Waals surface area contributed by atoms with Crippen LogP contribution in [0, 0.1) is 11.7 Å². The van der Waals surface area contributed by atoms with Crippen molar-refractivity contribution in [1.82, 2.24) is 24.6 Å². The quantitative estimate of drug-likeness (QED) is 0.314. The molecule has 0 unspecified atom stereocenters. The van der Waals surface area contributed by atoms with Gasteiger partial charge in [-0.2, -0.15) is 5.10 Å². The molecule has 44 heavy (non-hydrogen) atoms. The molecule has 0 spiro atoms. The van der Waals surface area contributed by atoms with E-state index in [0.29, 0.717) is 40.4 Å². The summed E-state index contributed by atoms with van der Waals surface area (Å²) in [5.74, 6) is -0.475. The number of carbonyl (C=O) groups is 2. The highest BCUT2D eigenvalue weighted by atomic mass is 19.1. The maximum atomic E-state index is 13.4. The summed E-state index contributed by atoms with van der Waals surface area (Å²) in [7, 11) is 0. The van der Waals surface area contributed by atoms with Crippen molar-refractivity contribution < 1.29 is 18.7 Å². The van der Waals surface area contributed by atoms with Crippen LogP contribution in [0.4, 0.5) is 10.1 Å². The molecule has 11 heteroatoms. The first-order valence-corrected chi connectivity index (χ1v) is 15.4. The van der Waals surface area contributed by atoms with Gasteiger partial charge in [-0.3, -0.25) is 19.5 Å². The number of anilines is 1. The molecule has 0 atom stereocenters. The number of ether oxygens (including phenoxy) is 1. The van der Waals surface area contributed by atoms with Gasteiger partial charge in [-0.1, -0.05) is 19.9 Å². The summed E-state index contributed by atoms with van der Waals surface area (Å²) in [5.41, 5.74) is 10.4. The predicted octanol–water partition coefficient (Wildman–Crippen LogP) is 4.65. The molecule has 0 bridgehead atoms. The standard InChI is InChI=1S/C33H36FN7O3/c1-19(2)13-26-31(32(35)43)30(25-16-37-41(33(25)38-26)24-9-11-39(12-10-24)23-6-7-23)20-3-8-27-28(14-20)44-18-29(42)40(27)17-22-5-4-21(34)15-36-22/h3-5,8,14-16,19,23-24H,6-7,9-13,17-18H2,1-2H3,(H2,35,43). The Morgan fingerprint density at radius 2 is 1.89 bits per heavy atom. The second-order valence-electron chi connectivity index (χ2n) is 12.5. The van der Waals surface area contributed by atoms with Crippen molar-refractivity contribution in [2.75, 3.05) is 24.6 Å². The summed E-state index contributed by atoms with van der Waals surface area (Å²) in [6.45, 7) is 6.30. The van der Waals surface area contributed by atoms with E-state index in [-0.39, 0.29) is 31.0 Å². The average Bonchev–Trinajstić information content (AvgIpc) is 3.78. The number of likely N-dealkylation sites (tertiary alicyclic amines) is 1. The Kier molecular flexibility index (Phi) is 7.28. The van der Waals surface area contributed by atoms with Gasteiger partial charge in [-0.25, -0.2) is 14.1 Å². The van der Waals surface area contributed by atoms with Crippen LogP contribution in [0.2, 0.25) is 0 Å². The van der Waals surface area contributed by atoms with Crippen LogP contribution in [-0.4, -0.2) is 62.2 Å². The van der Waals surface area contributed by atoms with E-state index in [1.165, 1.54) is 18.9 Å². The van der Waals surface area contributed by atoms with Gasteiger partial charge in [0.25, 0.3) is 11.8 Å². The van der Waals surface area contributed by atoms with Crippen LogP contribution < -0.4 is 15.4 Å².